The molecule has 0 heterocycles. The molecule has 5 rings (SSSR count). The third kappa shape index (κ3) is 2.72. The lowest BCUT2D eigenvalue weighted by molar-refractivity contribution is 0.166. The van der Waals surface area contributed by atoms with Crippen molar-refractivity contribution < 1.29 is 9.63 Å². The van der Waals surface area contributed by atoms with Gasteiger partial charge in [0.1, 0.15) is 5.71 Å². The Balaban J connectivity index is 1.44. The number of oxime groups is 1. The van der Waals surface area contributed by atoms with Crippen LogP contribution in [-0.4, -0.2) is 11.8 Å². The summed E-state index contributed by atoms with van der Waals surface area (Å²) >= 11 is 0. The van der Waals surface area contributed by atoms with Gasteiger partial charge in [-0.15, -0.1) is 0 Å². The molecule has 0 atom stereocenters. The molecule has 4 aromatic rings. The number of hydrogen-bond acceptors (Lipinski definition) is 3. The molecule has 28 heavy (non-hydrogen) atoms. The summed E-state index contributed by atoms with van der Waals surface area (Å²) < 4.78 is 0. The quantitative estimate of drug-likeness (QED) is 0.317. The first-order valence-corrected chi connectivity index (χ1v) is 9.04. The molecule has 1 aliphatic carbocycles. The van der Waals surface area contributed by atoms with Crippen LogP contribution in [0.25, 0.3) is 21.9 Å². The minimum Gasteiger partial charge on any atom is -0.297 e. The fourth-order valence-corrected chi connectivity index (χ4v) is 3.65. The second kappa shape index (κ2) is 6.67. The van der Waals surface area contributed by atoms with Gasteiger partial charge in [0.15, 0.2) is 0 Å². The number of benzene rings is 4. The van der Waals surface area contributed by atoms with Crippen molar-refractivity contribution in [3.63, 3.8) is 0 Å². The Labute approximate surface area is 162 Å². The lowest BCUT2D eigenvalue weighted by Gasteiger charge is -2.07. The SMILES string of the molecule is O=C(Nc1cccc2ccccc12)ON=C1c2ccccc2-c2ccccc21. The van der Waals surface area contributed by atoms with E-state index in [4.69, 9.17) is 4.84 Å². The lowest BCUT2D eigenvalue weighted by atomic mass is 10.1. The maximum atomic E-state index is 12.4. The maximum Gasteiger partial charge on any atom is 0.437 e. The van der Waals surface area contributed by atoms with Gasteiger partial charge in [0.2, 0.25) is 0 Å². The van der Waals surface area contributed by atoms with Gasteiger partial charge in [-0.1, -0.05) is 90.1 Å². The number of nitrogens with one attached hydrogen (secondary N) is 1. The lowest BCUT2D eigenvalue weighted by Crippen LogP contribution is -2.12. The fourth-order valence-electron chi connectivity index (χ4n) is 3.65. The van der Waals surface area contributed by atoms with Crippen molar-refractivity contribution in [1.82, 2.24) is 0 Å². The van der Waals surface area contributed by atoms with Crippen LogP contribution in [0.15, 0.2) is 96.2 Å². The molecule has 1 aliphatic rings. The highest BCUT2D eigenvalue weighted by Crippen LogP contribution is 2.36. The number of nitrogens with zero attached hydrogens (tertiary/aromatic N) is 1. The summed E-state index contributed by atoms with van der Waals surface area (Å²) in [5.74, 6) is 0. The Bertz CT molecular complexity index is 1190. The third-order valence-electron chi connectivity index (χ3n) is 4.90. The van der Waals surface area contributed by atoms with Crippen LogP contribution >= 0.6 is 0 Å². The molecule has 4 heteroatoms. The Hall–Kier alpha value is -3.92. The van der Waals surface area contributed by atoms with E-state index in [9.17, 15) is 4.79 Å². The largest absolute Gasteiger partial charge is 0.437 e. The zero-order valence-electron chi connectivity index (χ0n) is 14.9. The molecule has 1 amide bonds. The minimum atomic E-state index is -0.620. The predicted molar refractivity (Wildman–Crippen MR) is 112 cm³/mol. The Kier molecular flexibility index (Phi) is 3.87. The molecular formula is C24H16N2O2. The van der Waals surface area contributed by atoms with E-state index in [0.717, 1.165) is 33.0 Å². The zero-order valence-corrected chi connectivity index (χ0v) is 14.9. The second-order valence-corrected chi connectivity index (χ2v) is 6.56. The Morgan fingerprint density at radius 2 is 1.25 bits per heavy atom. The van der Waals surface area contributed by atoms with Crippen molar-refractivity contribution in [2.75, 3.05) is 5.32 Å². The third-order valence-corrected chi connectivity index (χ3v) is 4.90. The van der Waals surface area contributed by atoms with Crippen molar-refractivity contribution in [2.45, 2.75) is 0 Å². The molecule has 0 bridgehead atoms. The average molecular weight is 364 g/mol. The summed E-state index contributed by atoms with van der Waals surface area (Å²) in [5.41, 5.74) is 5.46. The summed E-state index contributed by atoms with van der Waals surface area (Å²) in [5, 5.41) is 8.97. The van der Waals surface area contributed by atoms with Crippen LogP contribution in [-0.2, 0) is 4.84 Å². The topological polar surface area (TPSA) is 50.7 Å². The average Bonchev–Trinajstić information content (AvgIpc) is 3.06. The van der Waals surface area contributed by atoms with Crippen molar-refractivity contribution in [1.29, 1.82) is 0 Å². The zero-order chi connectivity index (χ0) is 18.9. The fraction of sp³-hybridized carbons (Fsp3) is 0. The van der Waals surface area contributed by atoms with Gasteiger partial charge in [-0.25, -0.2) is 4.79 Å². The number of rotatable bonds is 2. The van der Waals surface area contributed by atoms with E-state index < -0.39 is 6.09 Å². The standard InChI is InChI=1S/C24H16N2O2/c27-24(25-22-15-7-9-16-8-1-2-10-17(16)22)28-26-23-20-13-5-3-11-18(20)19-12-4-6-14-21(19)23/h1-15H,(H,25,27). The first-order chi connectivity index (χ1) is 13.8. The highest BCUT2D eigenvalue weighted by Gasteiger charge is 2.25. The molecule has 4 nitrogen and oxygen atoms in total. The number of hydrogen-bond donors (Lipinski definition) is 1. The van der Waals surface area contributed by atoms with Crippen molar-refractivity contribution in [2.24, 2.45) is 5.16 Å². The predicted octanol–water partition coefficient (Wildman–Crippen LogP) is 5.82. The van der Waals surface area contributed by atoms with Gasteiger partial charge in [-0.2, -0.15) is 0 Å². The minimum absolute atomic E-state index is 0.620. The van der Waals surface area contributed by atoms with Crippen LogP contribution in [0, 0.1) is 0 Å². The number of carbonyl (C=O) groups is 1. The number of fused-ring (bicyclic) bond motifs is 4. The molecule has 1 N–H and O–H groups in total. The van der Waals surface area contributed by atoms with Gasteiger partial charge in [-0.3, -0.25) is 10.2 Å². The molecule has 134 valence electrons. The van der Waals surface area contributed by atoms with Gasteiger partial charge < -0.3 is 0 Å². The second-order valence-electron chi connectivity index (χ2n) is 6.56. The van der Waals surface area contributed by atoms with E-state index in [1.807, 2.05) is 91.0 Å². The molecule has 0 aromatic heterocycles. The molecule has 0 spiro atoms. The van der Waals surface area contributed by atoms with E-state index >= 15 is 0 Å². The smallest absolute Gasteiger partial charge is 0.297 e. The van der Waals surface area contributed by atoms with Crippen LogP contribution in [0.5, 0.6) is 0 Å². The molecular weight excluding hydrogens is 348 g/mol. The molecule has 0 radical (unpaired) electrons. The number of anilines is 1. The highest BCUT2D eigenvalue weighted by atomic mass is 16.7. The number of amides is 1. The van der Waals surface area contributed by atoms with Crippen LogP contribution in [0.4, 0.5) is 10.5 Å². The molecule has 0 unspecified atom stereocenters. The number of carbonyl (C=O) groups excluding carboxylic acids is 1. The molecule has 0 fully saturated rings. The van der Waals surface area contributed by atoms with E-state index in [-0.39, 0.29) is 0 Å². The van der Waals surface area contributed by atoms with Gasteiger partial charge in [-0.05, 0) is 22.6 Å². The van der Waals surface area contributed by atoms with Gasteiger partial charge in [0.25, 0.3) is 0 Å². The van der Waals surface area contributed by atoms with E-state index in [0.29, 0.717) is 11.4 Å². The van der Waals surface area contributed by atoms with Crippen LogP contribution in [0.3, 0.4) is 0 Å². The summed E-state index contributed by atoms with van der Waals surface area (Å²) in [4.78, 5) is 17.6. The van der Waals surface area contributed by atoms with Gasteiger partial charge >= 0.3 is 6.09 Å². The maximum absolute atomic E-state index is 12.4. The molecule has 0 saturated heterocycles. The Morgan fingerprint density at radius 1 is 0.679 bits per heavy atom. The molecule has 0 aliphatic heterocycles. The summed E-state index contributed by atoms with van der Waals surface area (Å²) in [6.07, 6.45) is -0.620. The van der Waals surface area contributed by atoms with E-state index in [1.165, 1.54) is 0 Å². The summed E-state index contributed by atoms with van der Waals surface area (Å²) in [6, 6.07) is 29.6. The van der Waals surface area contributed by atoms with Gasteiger partial charge in [0, 0.05) is 16.5 Å². The molecule has 0 saturated carbocycles. The normalized spacial score (nSPS) is 11.6. The first-order valence-electron chi connectivity index (χ1n) is 9.04. The van der Waals surface area contributed by atoms with Crippen molar-refractivity contribution in [3.8, 4) is 11.1 Å². The van der Waals surface area contributed by atoms with E-state index in [1.54, 1.807) is 0 Å². The Morgan fingerprint density at radius 3 is 1.96 bits per heavy atom. The summed E-state index contributed by atoms with van der Waals surface area (Å²) in [6.45, 7) is 0. The van der Waals surface area contributed by atoms with E-state index in [2.05, 4.69) is 10.5 Å². The van der Waals surface area contributed by atoms with Crippen LogP contribution in [0.1, 0.15) is 11.1 Å². The van der Waals surface area contributed by atoms with Crippen molar-refractivity contribution >= 4 is 28.3 Å². The monoisotopic (exact) mass is 364 g/mol. The first kappa shape index (κ1) is 16.3. The van der Waals surface area contributed by atoms with Crippen LogP contribution < -0.4 is 5.32 Å². The summed E-state index contributed by atoms with van der Waals surface area (Å²) in [7, 11) is 0. The van der Waals surface area contributed by atoms with Crippen LogP contribution in [0.2, 0.25) is 0 Å². The van der Waals surface area contributed by atoms with Gasteiger partial charge in [0.05, 0.1) is 5.69 Å². The highest BCUT2D eigenvalue weighted by molar-refractivity contribution is 6.24. The molecule has 4 aromatic carbocycles. The van der Waals surface area contributed by atoms with Crippen molar-refractivity contribution in [3.05, 3.63) is 102 Å².